The smallest absolute Gasteiger partial charge is 0.480 e. The molecule has 0 aromatic heterocycles. The lowest BCUT2D eigenvalue weighted by atomic mass is 10.1. The van der Waals surface area contributed by atoms with E-state index in [1.165, 1.54) is 30.3 Å². The van der Waals surface area contributed by atoms with Crippen molar-refractivity contribution in [2.75, 3.05) is 0 Å². The molecule has 0 fully saturated rings. The molecule has 0 aliphatic carbocycles. The van der Waals surface area contributed by atoms with E-state index in [4.69, 9.17) is 11.6 Å². The fourth-order valence-corrected chi connectivity index (χ4v) is 3.55. The van der Waals surface area contributed by atoms with Gasteiger partial charge in [-0.2, -0.15) is 13.2 Å². The summed E-state index contributed by atoms with van der Waals surface area (Å²) in [6.07, 6.45) is -9.01. The van der Waals surface area contributed by atoms with Crippen molar-refractivity contribution in [3.8, 4) is 5.75 Å². The van der Waals surface area contributed by atoms with E-state index in [0.717, 1.165) is 42.5 Å². The van der Waals surface area contributed by atoms with Crippen LogP contribution >= 0.6 is 11.6 Å². The summed E-state index contributed by atoms with van der Waals surface area (Å²) in [5.74, 6) is -4.26. The Kier molecular flexibility index (Phi) is 9.66. The van der Waals surface area contributed by atoms with E-state index < -0.39 is 53.4 Å². The Bertz CT molecular complexity index is 1440. The van der Waals surface area contributed by atoms with Gasteiger partial charge in [-0.15, -0.1) is 13.2 Å². The highest BCUT2D eigenvalue weighted by atomic mass is 35.5. The van der Waals surface area contributed by atoms with Gasteiger partial charge in [0.15, 0.2) is 0 Å². The van der Waals surface area contributed by atoms with Crippen molar-refractivity contribution in [1.82, 2.24) is 10.6 Å². The Morgan fingerprint density at radius 1 is 0.927 bits per heavy atom. The number of alkyl halides is 6. The Morgan fingerprint density at radius 3 is 2.12 bits per heavy atom. The summed E-state index contributed by atoms with van der Waals surface area (Å²) in [7, 11) is 0. The van der Waals surface area contributed by atoms with E-state index in [0.29, 0.717) is 16.7 Å². The zero-order valence-corrected chi connectivity index (χ0v) is 21.3. The van der Waals surface area contributed by atoms with Gasteiger partial charge in [0.05, 0.1) is 5.56 Å². The Hall–Kier alpha value is -4.52. The maximum absolute atomic E-state index is 13.2. The fourth-order valence-electron chi connectivity index (χ4n) is 3.42. The van der Waals surface area contributed by atoms with Crippen LogP contribution in [0.5, 0.6) is 5.75 Å². The number of hydrogen-bond acceptors (Lipinski definition) is 4. The number of rotatable bonds is 9. The summed E-state index contributed by atoms with van der Waals surface area (Å²) >= 11 is 5.83. The minimum atomic E-state index is -4.98. The summed E-state index contributed by atoms with van der Waals surface area (Å²) in [4.78, 5) is 37.8. The van der Waals surface area contributed by atoms with Crippen molar-refractivity contribution in [2.45, 2.75) is 25.0 Å². The Morgan fingerprint density at radius 2 is 1.56 bits per heavy atom. The lowest BCUT2D eigenvalue weighted by Gasteiger charge is -2.17. The second-order valence-electron chi connectivity index (χ2n) is 8.40. The Labute approximate surface area is 233 Å². The van der Waals surface area contributed by atoms with E-state index in [2.05, 4.69) is 15.4 Å². The van der Waals surface area contributed by atoms with E-state index >= 15 is 0 Å². The molecular formula is C27H19ClF6N2O5. The van der Waals surface area contributed by atoms with Crippen molar-refractivity contribution in [3.05, 3.63) is 106 Å². The summed E-state index contributed by atoms with van der Waals surface area (Å²) in [5.41, 5.74) is -1.60. The highest BCUT2D eigenvalue weighted by Gasteiger charge is 2.32. The first-order valence-corrected chi connectivity index (χ1v) is 11.8. The molecule has 0 saturated heterocycles. The maximum Gasteiger partial charge on any atom is 0.573 e. The maximum atomic E-state index is 13.2. The molecule has 0 bridgehead atoms. The molecule has 0 aliphatic rings. The Balaban J connectivity index is 1.91. The van der Waals surface area contributed by atoms with Gasteiger partial charge in [-0.25, -0.2) is 4.79 Å². The number of amides is 2. The number of carboxylic acids is 1. The van der Waals surface area contributed by atoms with Crippen LogP contribution < -0.4 is 15.4 Å². The number of carbonyl (C=O) groups excluding carboxylic acids is 2. The number of carbonyl (C=O) groups is 3. The van der Waals surface area contributed by atoms with E-state index in [1.54, 1.807) is 0 Å². The largest absolute Gasteiger partial charge is 0.573 e. The molecule has 216 valence electrons. The standard InChI is InChI=1S/C27H19ClF6N2O5/c28-19-8-4-15(5-9-19)13-22(25(39)40)36-24(38)21(14-16-2-1-3-18(12-16)26(29,30)31)35-23(37)17-6-10-20(11-7-17)41-27(32,33)34/h1-12,14,22H,13H2,(H,35,37)(H,36,38)(H,39,40)/b21-14+/t22-/m1/s1. The third kappa shape index (κ3) is 9.57. The molecule has 3 aromatic carbocycles. The first kappa shape index (κ1) is 31.0. The van der Waals surface area contributed by atoms with Gasteiger partial charge in [-0.05, 0) is 65.7 Å². The van der Waals surface area contributed by atoms with E-state index in [-0.39, 0.29) is 17.5 Å². The van der Waals surface area contributed by atoms with Gasteiger partial charge in [0, 0.05) is 17.0 Å². The topological polar surface area (TPSA) is 105 Å². The summed E-state index contributed by atoms with van der Waals surface area (Å²) in [6, 6.07) is 11.9. The van der Waals surface area contributed by atoms with Crippen LogP contribution in [0.25, 0.3) is 6.08 Å². The summed E-state index contributed by atoms with van der Waals surface area (Å²) in [5, 5.41) is 14.4. The van der Waals surface area contributed by atoms with Crippen LogP contribution in [-0.2, 0) is 22.2 Å². The number of ether oxygens (including phenoxy) is 1. The van der Waals surface area contributed by atoms with Gasteiger partial charge in [0.1, 0.15) is 17.5 Å². The molecule has 0 unspecified atom stereocenters. The predicted octanol–water partition coefficient (Wildman–Crippen LogP) is 5.84. The van der Waals surface area contributed by atoms with Crippen LogP contribution in [0, 0.1) is 0 Å². The lowest BCUT2D eigenvalue weighted by Crippen LogP contribution is -2.45. The van der Waals surface area contributed by atoms with Gasteiger partial charge in [0.2, 0.25) is 0 Å². The zero-order chi connectivity index (χ0) is 30.4. The van der Waals surface area contributed by atoms with Crippen LogP contribution in [0.3, 0.4) is 0 Å². The molecule has 0 spiro atoms. The number of benzene rings is 3. The highest BCUT2D eigenvalue weighted by molar-refractivity contribution is 6.30. The fraction of sp³-hybridized carbons (Fsp3) is 0.148. The van der Waals surface area contributed by atoms with Crippen LogP contribution in [-0.4, -0.2) is 35.3 Å². The molecule has 0 heterocycles. The van der Waals surface area contributed by atoms with Gasteiger partial charge in [0.25, 0.3) is 11.8 Å². The normalized spacial score (nSPS) is 12.8. The molecule has 7 nitrogen and oxygen atoms in total. The monoisotopic (exact) mass is 600 g/mol. The van der Waals surface area contributed by atoms with Gasteiger partial charge in [-0.3, -0.25) is 9.59 Å². The highest BCUT2D eigenvalue weighted by Crippen LogP contribution is 2.30. The SMILES string of the molecule is O=C(N[C@H](Cc1ccc(Cl)cc1)C(=O)O)/C(=C\c1cccc(C(F)(F)F)c1)NC(=O)c1ccc(OC(F)(F)F)cc1. The van der Waals surface area contributed by atoms with Crippen molar-refractivity contribution < 1.29 is 50.6 Å². The quantitative estimate of drug-likeness (QED) is 0.211. The summed E-state index contributed by atoms with van der Waals surface area (Å²) < 4.78 is 80.6. The predicted molar refractivity (Wildman–Crippen MR) is 135 cm³/mol. The van der Waals surface area contributed by atoms with Gasteiger partial charge < -0.3 is 20.5 Å². The van der Waals surface area contributed by atoms with Crippen LogP contribution in [0.15, 0.2) is 78.5 Å². The number of carboxylic acid groups (broad SMARTS) is 1. The molecule has 1 atom stereocenters. The first-order valence-electron chi connectivity index (χ1n) is 11.4. The molecule has 3 aromatic rings. The molecule has 0 radical (unpaired) electrons. The molecule has 3 rings (SSSR count). The molecule has 14 heteroatoms. The van der Waals surface area contributed by atoms with Crippen molar-refractivity contribution in [3.63, 3.8) is 0 Å². The molecule has 41 heavy (non-hydrogen) atoms. The number of aliphatic carboxylic acids is 1. The van der Waals surface area contributed by atoms with Gasteiger partial charge >= 0.3 is 18.5 Å². The van der Waals surface area contributed by atoms with E-state index in [1.807, 2.05) is 0 Å². The third-order valence-corrected chi connectivity index (χ3v) is 5.58. The molecule has 2 amide bonds. The molecule has 3 N–H and O–H groups in total. The van der Waals surface area contributed by atoms with Crippen molar-refractivity contribution in [2.24, 2.45) is 0 Å². The second-order valence-corrected chi connectivity index (χ2v) is 8.84. The minimum absolute atomic E-state index is 0.163. The second kappa shape index (κ2) is 12.8. The number of nitrogens with one attached hydrogen (secondary N) is 2. The minimum Gasteiger partial charge on any atom is -0.480 e. The lowest BCUT2D eigenvalue weighted by molar-refractivity contribution is -0.274. The van der Waals surface area contributed by atoms with Crippen molar-refractivity contribution in [1.29, 1.82) is 0 Å². The van der Waals surface area contributed by atoms with E-state index in [9.17, 15) is 45.8 Å². The number of hydrogen-bond donors (Lipinski definition) is 3. The molecule has 0 aliphatic heterocycles. The average Bonchev–Trinajstić information content (AvgIpc) is 2.88. The zero-order valence-electron chi connectivity index (χ0n) is 20.5. The van der Waals surface area contributed by atoms with Crippen molar-refractivity contribution >= 4 is 35.5 Å². The van der Waals surface area contributed by atoms with Crippen LogP contribution in [0.1, 0.15) is 27.0 Å². The first-order chi connectivity index (χ1) is 19.1. The summed E-state index contributed by atoms with van der Waals surface area (Å²) in [6.45, 7) is 0. The third-order valence-electron chi connectivity index (χ3n) is 5.32. The van der Waals surface area contributed by atoms with Crippen LogP contribution in [0.2, 0.25) is 5.02 Å². The van der Waals surface area contributed by atoms with Crippen LogP contribution in [0.4, 0.5) is 26.3 Å². The number of halogens is 7. The van der Waals surface area contributed by atoms with Gasteiger partial charge in [-0.1, -0.05) is 35.9 Å². The molecular weight excluding hydrogens is 582 g/mol. The average molecular weight is 601 g/mol. The molecule has 0 saturated carbocycles.